The highest BCUT2D eigenvalue weighted by atomic mass is 32.1. The highest BCUT2D eigenvalue weighted by Gasteiger charge is 2.17. The minimum atomic E-state index is -0.301. The number of rotatable bonds is 7. The van der Waals surface area contributed by atoms with E-state index in [0.717, 1.165) is 24.5 Å². The second-order valence-electron chi connectivity index (χ2n) is 6.17. The molecule has 2 N–H and O–H groups in total. The van der Waals surface area contributed by atoms with E-state index in [4.69, 9.17) is 4.74 Å². The van der Waals surface area contributed by atoms with Gasteiger partial charge in [-0.1, -0.05) is 0 Å². The van der Waals surface area contributed by atoms with Gasteiger partial charge in [0.2, 0.25) is 0 Å². The predicted molar refractivity (Wildman–Crippen MR) is 95.5 cm³/mol. The number of halogens is 1. The number of nitrogens with zero attached hydrogens (tertiary/aromatic N) is 1. The van der Waals surface area contributed by atoms with Crippen molar-refractivity contribution < 1.29 is 13.9 Å². The molecular weight excluding hydrogens is 341 g/mol. The average molecular weight is 363 g/mol. The number of amides is 1. The fraction of sp³-hybridized carbons (Fsp3) is 0.444. The van der Waals surface area contributed by atoms with Crippen molar-refractivity contribution in [2.45, 2.75) is 26.4 Å². The molecule has 0 spiro atoms. The molecule has 1 aromatic carbocycles. The SMILES string of the molecule is Cc1nc(COc2ccc(F)cc2)sc1C(=O)NCCC1CCNC1. The Morgan fingerprint density at radius 3 is 2.96 bits per heavy atom. The number of ether oxygens (including phenoxy) is 1. The van der Waals surface area contributed by atoms with Crippen LogP contribution in [0, 0.1) is 18.7 Å². The van der Waals surface area contributed by atoms with Crippen LogP contribution in [0.5, 0.6) is 5.75 Å². The standard InChI is InChI=1S/C18H22FN3O2S/c1-12-17(18(23)21-9-7-13-6-8-20-10-13)25-16(22-12)11-24-15-4-2-14(19)3-5-15/h2-5,13,20H,6-11H2,1H3,(H,21,23). The summed E-state index contributed by atoms with van der Waals surface area (Å²) in [5.74, 6) is 0.853. The molecule has 0 aliphatic carbocycles. The van der Waals surface area contributed by atoms with Crippen LogP contribution in [0.3, 0.4) is 0 Å². The van der Waals surface area contributed by atoms with Crippen LogP contribution in [-0.4, -0.2) is 30.5 Å². The third-order valence-corrected chi connectivity index (χ3v) is 5.35. The van der Waals surface area contributed by atoms with E-state index >= 15 is 0 Å². The van der Waals surface area contributed by atoms with Crippen molar-refractivity contribution in [2.24, 2.45) is 5.92 Å². The number of hydrogen-bond donors (Lipinski definition) is 2. The molecule has 1 amide bonds. The molecule has 3 rings (SSSR count). The molecule has 0 saturated carbocycles. The van der Waals surface area contributed by atoms with Crippen molar-refractivity contribution in [3.8, 4) is 5.75 Å². The lowest BCUT2D eigenvalue weighted by atomic mass is 10.1. The van der Waals surface area contributed by atoms with Gasteiger partial charge in [-0.15, -0.1) is 11.3 Å². The Bertz CT molecular complexity index is 712. The van der Waals surface area contributed by atoms with Gasteiger partial charge in [-0.05, 0) is 63.0 Å². The van der Waals surface area contributed by atoms with Gasteiger partial charge in [0.15, 0.2) is 0 Å². The topological polar surface area (TPSA) is 63.2 Å². The van der Waals surface area contributed by atoms with Gasteiger partial charge in [0.05, 0.1) is 5.69 Å². The first-order chi connectivity index (χ1) is 12.1. The number of aromatic nitrogens is 1. The smallest absolute Gasteiger partial charge is 0.263 e. The first kappa shape index (κ1) is 17.8. The molecule has 7 heteroatoms. The maximum Gasteiger partial charge on any atom is 0.263 e. The normalized spacial score (nSPS) is 16.8. The van der Waals surface area contributed by atoms with E-state index in [-0.39, 0.29) is 18.3 Å². The summed E-state index contributed by atoms with van der Waals surface area (Å²) < 4.78 is 18.5. The monoisotopic (exact) mass is 363 g/mol. The summed E-state index contributed by atoms with van der Waals surface area (Å²) in [4.78, 5) is 17.4. The van der Waals surface area contributed by atoms with E-state index in [0.29, 0.717) is 28.8 Å². The van der Waals surface area contributed by atoms with Crippen molar-refractivity contribution in [3.05, 3.63) is 45.7 Å². The first-order valence-corrected chi connectivity index (χ1v) is 9.27. The summed E-state index contributed by atoms with van der Waals surface area (Å²) in [5.41, 5.74) is 0.711. The lowest BCUT2D eigenvalue weighted by molar-refractivity contribution is 0.0955. The Balaban J connectivity index is 1.50. The van der Waals surface area contributed by atoms with Gasteiger partial charge < -0.3 is 15.4 Å². The molecule has 1 aliphatic rings. The third kappa shape index (κ3) is 4.99. The molecule has 1 aliphatic heterocycles. The maximum atomic E-state index is 12.9. The van der Waals surface area contributed by atoms with Crippen molar-refractivity contribution in [1.29, 1.82) is 0 Å². The summed E-state index contributed by atoms with van der Waals surface area (Å²) in [6.45, 7) is 4.89. The molecular formula is C18H22FN3O2S. The van der Waals surface area contributed by atoms with Gasteiger partial charge in [-0.25, -0.2) is 9.37 Å². The fourth-order valence-corrected chi connectivity index (χ4v) is 3.73. The maximum absolute atomic E-state index is 12.9. The zero-order chi connectivity index (χ0) is 17.6. The molecule has 134 valence electrons. The zero-order valence-corrected chi connectivity index (χ0v) is 15.0. The summed E-state index contributed by atoms with van der Waals surface area (Å²) in [6, 6.07) is 5.84. The van der Waals surface area contributed by atoms with Crippen molar-refractivity contribution in [1.82, 2.24) is 15.6 Å². The van der Waals surface area contributed by atoms with Gasteiger partial charge in [-0.3, -0.25) is 4.79 Å². The van der Waals surface area contributed by atoms with Crippen molar-refractivity contribution >= 4 is 17.2 Å². The summed E-state index contributed by atoms with van der Waals surface area (Å²) >= 11 is 1.34. The predicted octanol–water partition coefficient (Wildman–Crippen LogP) is 2.90. The number of thiazole rings is 1. The minimum absolute atomic E-state index is 0.0750. The molecule has 2 aromatic rings. The molecule has 1 saturated heterocycles. The second-order valence-corrected chi connectivity index (χ2v) is 7.25. The zero-order valence-electron chi connectivity index (χ0n) is 14.2. The Morgan fingerprint density at radius 2 is 2.24 bits per heavy atom. The summed E-state index contributed by atoms with van der Waals surface area (Å²) in [7, 11) is 0. The Hall–Kier alpha value is -1.99. The average Bonchev–Trinajstić information content (AvgIpc) is 3.24. The van der Waals surface area contributed by atoms with Gasteiger partial charge in [0, 0.05) is 6.54 Å². The number of benzene rings is 1. The van der Waals surface area contributed by atoms with Crippen LogP contribution in [0.25, 0.3) is 0 Å². The van der Waals surface area contributed by atoms with E-state index < -0.39 is 0 Å². The van der Waals surface area contributed by atoms with Crippen LogP contribution in [0.2, 0.25) is 0 Å². The number of carbonyl (C=O) groups excluding carboxylic acids is 1. The quantitative estimate of drug-likeness (QED) is 0.794. The Labute approximate surface area is 150 Å². The van der Waals surface area contributed by atoms with Crippen molar-refractivity contribution in [2.75, 3.05) is 19.6 Å². The molecule has 0 bridgehead atoms. The van der Waals surface area contributed by atoms with Crippen LogP contribution in [0.15, 0.2) is 24.3 Å². The highest BCUT2D eigenvalue weighted by molar-refractivity contribution is 7.13. The van der Waals surface area contributed by atoms with E-state index in [1.165, 1.54) is 29.9 Å². The van der Waals surface area contributed by atoms with Crippen LogP contribution >= 0.6 is 11.3 Å². The van der Waals surface area contributed by atoms with E-state index in [2.05, 4.69) is 15.6 Å². The van der Waals surface area contributed by atoms with Gasteiger partial charge in [-0.2, -0.15) is 0 Å². The molecule has 1 fully saturated rings. The number of nitrogens with one attached hydrogen (secondary N) is 2. The van der Waals surface area contributed by atoms with Crippen molar-refractivity contribution in [3.63, 3.8) is 0 Å². The molecule has 2 heterocycles. The van der Waals surface area contributed by atoms with Crippen LogP contribution < -0.4 is 15.4 Å². The number of hydrogen-bond acceptors (Lipinski definition) is 5. The summed E-state index contributed by atoms with van der Waals surface area (Å²) in [5, 5.41) is 7.04. The fourth-order valence-electron chi connectivity index (χ4n) is 2.83. The molecule has 25 heavy (non-hydrogen) atoms. The van der Waals surface area contributed by atoms with E-state index in [1.807, 2.05) is 6.92 Å². The van der Waals surface area contributed by atoms with E-state index in [1.54, 1.807) is 12.1 Å². The summed E-state index contributed by atoms with van der Waals surface area (Å²) in [6.07, 6.45) is 2.18. The molecule has 1 aromatic heterocycles. The minimum Gasteiger partial charge on any atom is -0.486 e. The first-order valence-electron chi connectivity index (χ1n) is 8.45. The Kier molecular flexibility index (Phi) is 5.99. The lowest BCUT2D eigenvalue weighted by Gasteiger charge is -2.08. The second kappa shape index (κ2) is 8.40. The Morgan fingerprint density at radius 1 is 1.44 bits per heavy atom. The molecule has 0 radical (unpaired) electrons. The molecule has 1 atom stereocenters. The van der Waals surface area contributed by atoms with Gasteiger partial charge >= 0.3 is 0 Å². The third-order valence-electron chi connectivity index (χ3n) is 4.22. The van der Waals surface area contributed by atoms with Gasteiger partial charge in [0.25, 0.3) is 5.91 Å². The lowest BCUT2D eigenvalue weighted by Crippen LogP contribution is -2.26. The van der Waals surface area contributed by atoms with E-state index in [9.17, 15) is 9.18 Å². The highest BCUT2D eigenvalue weighted by Crippen LogP contribution is 2.21. The largest absolute Gasteiger partial charge is 0.486 e. The van der Waals surface area contributed by atoms with Crippen LogP contribution in [0.4, 0.5) is 4.39 Å². The number of aryl methyl sites for hydroxylation is 1. The number of carbonyl (C=O) groups is 1. The molecule has 5 nitrogen and oxygen atoms in total. The van der Waals surface area contributed by atoms with Crippen LogP contribution in [-0.2, 0) is 6.61 Å². The molecule has 1 unspecified atom stereocenters. The van der Waals surface area contributed by atoms with Gasteiger partial charge in [0.1, 0.15) is 28.1 Å². The van der Waals surface area contributed by atoms with Crippen LogP contribution in [0.1, 0.15) is 33.2 Å².